The number of ether oxygens (including phenoxy) is 2. The fourth-order valence-electron chi connectivity index (χ4n) is 0.926. The van der Waals surface area contributed by atoms with Crippen molar-refractivity contribution < 1.29 is 9.47 Å². The first-order chi connectivity index (χ1) is 4.83. The second-order valence-corrected chi connectivity index (χ2v) is 2.89. The van der Waals surface area contributed by atoms with E-state index in [1.807, 2.05) is 0 Å². The highest BCUT2D eigenvalue weighted by molar-refractivity contribution is 4.68. The zero-order valence-corrected chi connectivity index (χ0v) is 6.80. The van der Waals surface area contributed by atoms with Crippen LogP contribution in [0.1, 0.15) is 26.7 Å². The van der Waals surface area contributed by atoms with Crippen molar-refractivity contribution in [1.29, 1.82) is 0 Å². The largest absolute Gasteiger partial charge is 0.376 e. The van der Waals surface area contributed by atoms with Gasteiger partial charge < -0.3 is 9.47 Å². The van der Waals surface area contributed by atoms with Crippen LogP contribution >= 0.6 is 0 Å². The summed E-state index contributed by atoms with van der Waals surface area (Å²) in [6, 6.07) is 0. The van der Waals surface area contributed by atoms with Crippen molar-refractivity contribution in [2.24, 2.45) is 0 Å². The maximum absolute atomic E-state index is 5.48. The molecule has 1 rings (SSSR count). The molecule has 2 atom stereocenters. The molecule has 1 saturated heterocycles. The van der Waals surface area contributed by atoms with E-state index < -0.39 is 0 Å². The van der Waals surface area contributed by atoms with E-state index in [1.54, 1.807) is 0 Å². The lowest BCUT2D eigenvalue weighted by Crippen LogP contribution is -2.11. The van der Waals surface area contributed by atoms with Crippen LogP contribution in [0.4, 0.5) is 0 Å². The molecule has 0 aromatic heterocycles. The number of hydrogen-bond acceptors (Lipinski definition) is 2. The Labute approximate surface area is 62.5 Å². The molecule has 2 unspecified atom stereocenters. The minimum Gasteiger partial charge on any atom is -0.376 e. The zero-order valence-electron chi connectivity index (χ0n) is 6.80. The fraction of sp³-hybridized carbons (Fsp3) is 1.00. The van der Waals surface area contributed by atoms with E-state index in [2.05, 4.69) is 13.8 Å². The maximum Gasteiger partial charge on any atom is 0.104 e. The average Bonchev–Trinajstić information content (AvgIpc) is 2.67. The molecular weight excluding hydrogens is 128 g/mol. The molecule has 2 heteroatoms. The Morgan fingerprint density at radius 2 is 2.40 bits per heavy atom. The van der Waals surface area contributed by atoms with Crippen molar-refractivity contribution >= 4 is 0 Å². The minimum atomic E-state index is 0.411. The lowest BCUT2D eigenvalue weighted by atomic mass is 10.2. The van der Waals surface area contributed by atoms with Gasteiger partial charge in [-0.1, -0.05) is 13.3 Å². The third-order valence-corrected chi connectivity index (χ3v) is 1.66. The molecule has 1 heterocycles. The first-order valence-corrected chi connectivity index (χ1v) is 4.06. The maximum atomic E-state index is 5.48. The van der Waals surface area contributed by atoms with Gasteiger partial charge in [-0.15, -0.1) is 0 Å². The molecule has 10 heavy (non-hydrogen) atoms. The van der Waals surface area contributed by atoms with Gasteiger partial charge >= 0.3 is 0 Å². The van der Waals surface area contributed by atoms with Crippen molar-refractivity contribution in [2.45, 2.75) is 38.9 Å². The van der Waals surface area contributed by atoms with Crippen molar-refractivity contribution in [3.05, 3.63) is 0 Å². The van der Waals surface area contributed by atoms with Crippen molar-refractivity contribution in [3.63, 3.8) is 0 Å². The van der Waals surface area contributed by atoms with Crippen LogP contribution in [0.3, 0.4) is 0 Å². The van der Waals surface area contributed by atoms with Gasteiger partial charge in [-0.3, -0.25) is 0 Å². The summed E-state index contributed by atoms with van der Waals surface area (Å²) in [6.45, 7) is 5.99. The van der Waals surface area contributed by atoms with Crippen molar-refractivity contribution in [1.82, 2.24) is 0 Å². The van der Waals surface area contributed by atoms with E-state index in [0.29, 0.717) is 12.2 Å². The van der Waals surface area contributed by atoms with Gasteiger partial charge in [0.25, 0.3) is 0 Å². The monoisotopic (exact) mass is 144 g/mol. The van der Waals surface area contributed by atoms with Crippen LogP contribution in [-0.4, -0.2) is 25.4 Å². The molecule has 1 aliphatic rings. The van der Waals surface area contributed by atoms with E-state index in [9.17, 15) is 0 Å². The summed E-state index contributed by atoms with van der Waals surface area (Å²) in [7, 11) is 0. The lowest BCUT2D eigenvalue weighted by molar-refractivity contribution is 0.0488. The fourth-order valence-corrected chi connectivity index (χ4v) is 0.926. The first kappa shape index (κ1) is 8.02. The highest BCUT2D eigenvalue weighted by Gasteiger charge is 2.22. The Morgan fingerprint density at radius 1 is 1.70 bits per heavy atom. The molecule has 0 radical (unpaired) electrons. The van der Waals surface area contributed by atoms with Gasteiger partial charge in [0.1, 0.15) is 6.10 Å². The Morgan fingerprint density at radius 3 is 2.90 bits per heavy atom. The van der Waals surface area contributed by atoms with Gasteiger partial charge in [-0.2, -0.15) is 0 Å². The summed E-state index contributed by atoms with van der Waals surface area (Å²) < 4.78 is 10.5. The van der Waals surface area contributed by atoms with Crippen LogP contribution in [0.25, 0.3) is 0 Å². The lowest BCUT2D eigenvalue weighted by Gasteiger charge is -2.09. The molecule has 1 aliphatic heterocycles. The Bertz CT molecular complexity index is 89.3. The summed E-state index contributed by atoms with van der Waals surface area (Å²) in [6.07, 6.45) is 3.19. The quantitative estimate of drug-likeness (QED) is 0.546. The van der Waals surface area contributed by atoms with Gasteiger partial charge in [0.15, 0.2) is 0 Å². The van der Waals surface area contributed by atoms with Gasteiger partial charge in [-0.05, 0) is 13.3 Å². The Hall–Kier alpha value is -0.0800. The highest BCUT2D eigenvalue weighted by Crippen LogP contribution is 2.11. The van der Waals surface area contributed by atoms with Gasteiger partial charge in [0.2, 0.25) is 0 Å². The number of epoxide rings is 1. The average molecular weight is 144 g/mol. The Kier molecular flexibility index (Phi) is 3.16. The molecule has 0 aromatic rings. The Balaban J connectivity index is 1.89. The highest BCUT2D eigenvalue weighted by atomic mass is 16.6. The van der Waals surface area contributed by atoms with Crippen LogP contribution in [-0.2, 0) is 9.47 Å². The molecule has 0 saturated carbocycles. The van der Waals surface area contributed by atoms with Crippen molar-refractivity contribution in [3.8, 4) is 0 Å². The van der Waals surface area contributed by atoms with E-state index in [4.69, 9.17) is 9.47 Å². The van der Waals surface area contributed by atoms with Gasteiger partial charge in [-0.25, -0.2) is 0 Å². The van der Waals surface area contributed by atoms with Crippen molar-refractivity contribution in [2.75, 3.05) is 13.2 Å². The third-order valence-electron chi connectivity index (χ3n) is 1.66. The normalized spacial score (nSPS) is 26.4. The summed E-state index contributed by atoms with van der Waals surface area (Å²) in [4.78, 5) is 0. The predicted octanol–water partition coefficient (Wildman–Crippen LogP) is 1.59. The topological polar surface area (TPSA) is 21.8 Å². The molecule has 0 N–H and O–H groups in total. The molecule has 1 fully saturated rings. The summed E-state index contributed by atoms with van der Waals surface area (Å²) in [5.74, 6) is 0. The van der Waals surface area contributed by atoms with Gasteiger partial charge in [0, 0.05) is 0 Å². The van der Waals surface area contributed by atoms with Crippen LogP contribution in [0.15, 0.2) is 0 Å². The molecule has 0 aliphatic carbocycles. The number of rotatable bonds is 5. The molecule has 60 valence electrons. The molecular formula is C8H16O2. The minimum absolute atomic E-state index is 0.411. The molecule has 0 aromatic carbocycles. The van der Waals surface area contributed by atoms with E-state index in [0.717, 1.165) is 19.6 Å². The smallest absolute Gasteiger partial charge is 0.104 e. The first-order valence-electron chi connectivity index (χ1n) is 4.06. The number of hydrogen-bond donors (Lipinski definition) is 0. The molecule has 2 nitrogen and oxygen atoms in total. The van der Waals surface area contributed by atoms with Crippen LogP contribution in [0.2, 0.25) is 0 Å². The molecule has 0 spiro atoms. The van der Waals surface area contributed by atoms with E-state index in [-0.39, 0.29) is 0 Å². The van der Waals surface area contributed by atoms with Crippen LogP contribution < -0.4 is 0 Å². The molecule has 0 bridgehead atoms. The standard InChI is InChI=1S/C8H16O2/c1-3-4-7(2)9-5-8-6-10-8/h7-8H,3-6H2,1-2H3. The summed E-state index contributed by atoms with van der Waals surface area (Å²) in [5.41, 5.74) is 0. The van der Waals surface area contributed by atoms with E-state index >= 15 is 0 Å². The SMILES string of the molecule is CCCC(C)OCC1CO1. The van der Waals surface area contributed by atoms with Crippen LogP contribution in [0, 0.1) is 0 Å². The summed E-state index contributed by atoms with van der Waals surface area (Å²) >= 11 is 0. The second-order valence-electron chi connectivity index (χ2n) is 2.89. The predicted molar refractivity (Wildman–Crippen MR) is 40.1 cm³/mol. The third kappa shape index (κ3) is 3.18. The summed E-state index contributed by atoms with van der Waals surface area (Å²) in [5, 5.41) is 0. The second kappa shape index (κ2) is 3.94. The van der Waals surface area contributed by atoms with Crippen LogP contribution in [0.5, 0.6) is 0 Å². The zero-order chi connectivity index (χ0) is 7.40. The van der Waals surface area contributed by atoms with Gasteiger partial charge in [0.05, 0.1) is 19.3 Å². The molecule has 0 amide bonds. The van der Waals surface area contributed by atoms with E-state index in [1.165, 1.54) is 6.42 Å².